The molecule has 0 radical (unpaired) electrons. The molecule has 4 nitrogen and oxygen atoms in total. The number of benzene rings is 1. The van der Waals surface area contributed by atoms with Gasteiger partial charge in [0.15, 0.2) is 0 Å². The van der Waals surface area contributed by atoms with Gasteiger partial charge in [-0.1, -0.05) is 15.9 Å². The first-order valence-electron chi connectivity index (χ1n) is 6.65. The van der Waals surface area contributed by atoms with Gasteiger partial charge in [0.25, 0.3) is 0 Å². The van der Waals surface area contributed by atoms with E-state index in [1.165, 1.54) is 0 Å². The van der Waals surface area contributed by atoms with Crippen LogP contribution in [0.15, 0.2) is 22.7 Å². The van der Waals surface area contributed by atoms with E-state index in [1.807, 2.05) is 18.2 Å². The number of nitrogens with one attached hydrogen (secondary N) is 2. The van der Waals surface area contributed by atoms with Crippen LogP contribution in [0.1, 0.15) is 12.0 Å². The molecule has 5 heteroatoms. The summed E-state index contributed by atoms with van der Waals surface area (Å²) in [6.07, 6.45) is 1.12. The van der Waals surface area contributed by atoms with Crippen molar-refractivity contribution in [2.75, 3.05) is 44.6 Å². The van der Waals surface area contributed by atoms with Crippen LogP contribution in [-0.4, -0.2) is 44.2 Å². The maximum absolute atomic E-state index is 8.92. The van der Waals surface area contributed by atoms with Crippen molar-refractivity contribution in [3.63, 3.8) is 0 Å². The van der Waals surface area contributed by atoms with E-state index in [1.54, 1.807) is 0 Å². The van der Waals surface area contributed by atoms with Crippen molar-refractivity contribution in [2.45, 2.75) is 6.42 Å². The number of piperazine rings is 1. The number of anilines is 1. The zero-order valence-corrected chi connectivity index (χ0v) is 12.5. The van der Waals surface area contributed by atoms with Gasteiger partial charge >= 0.3 is 0 Å². The first-order chi connectivity index (χ1) is 9.28. The van der Waals surface area contributed by atoms with E-state index in [4.69, 9.17) is 5.26 Å². The molecular weight excluding hydrogens is 304 g/mol. The van der Waals surface area contributed by atoms with Crippen molar-refractivity contribution in [1.82, 2.24) is 10.2 Å². The summed E-state index contributed by atoms with van der Waals surface area (Å²) in [5, 5.41) is 15.7. The molecule has 0 aromatic heterocycles. The molecule has 1 aromatic rings. The topological polar surface area (TPSA) is 51.1 Å². The van der Waals surface area contributed by atoms with Crippen molar-refractivity contribution in [2.24, 2.45) is 0 Å². The van der Waals surface area contributed by atoms with E-state index < -0.39 is 0 Å². The lowest BCUT2D eigenvalue weighted by Crippen LogP contribution is -2.44. The molecule has 0 saturated carbocycles. The van der Waals surface area contributed by atoms with Crippen LogP contribution in [0.3, 0.4) is 0 Å². The predicted octanol–water partition coefficient (Wildman–Crippen LogP) is 2.03. The summed E-state index contributed by atoms with van der Waals surface area (Å²) in [7, 11) is 0. The van der Waals surface area contributed by atoms with Gasteiger partial charge in [-0.15, -0.1) is 0 Å². The lowest BCUT2D eigenvalue weighted by Gasteiger charge is -2.27. The third kappa shape index (κ3) is 4.83. The van der Waals surface area contributed by atoms with Crippen molar-refractivity contribution < 1.29 is 0 Å². The molecule has 2 N–H and O–H groups in total. The molecule has 1 heterocycles. The Morgan fingerprint density at radius 1 is 1.32 bits per heavy atom. The molecule has 1 saturated heterocycles. The summed E-state index contributed by atoms with van der Waals surface area (Å²) in [5.41, 5.74) is 1.69. The Morgan fingerprint density at radius 2 is 2.11 bits per heavy atom. The molecule has 1 aliphatic rings. The minimum atomic E-state index is 0.680. The number of hydrogen-bond acceptors (Lipinski definition) is 4. The summed E-state index contributed by atoms with van der Waals surface area (Å²) >= 11 is 3.42. The first kappa shape index (κ1) is 14.3. The standard InChI is InChI=1S/C14H19BrN4/c15-13-8-12(11-16)9-14(10-13)18-2-1-5-19-6-3-17-4-7-19/h8-10,17-18H,1-7H2. The Kier molecular flexibility index (Phi) is 5.64. The zero-order chi connectivity index (χ0) is 13.5. The third-order valence-electron chi connectivity index (χ3n) is 3.22. The van der Waals surface area contributed by atoms with E-state index >= 15 is 0 Å². The van der Waals surface area contributed by atoms with Crippen LogP contribution in [-0.2, 0) is 0 Å². The number of nitriles is 1. The molecule has 0 aliphatic carbocycles. The molecule has 0 unspecified atom stereocenters. The summed E-state index contributed by atoms with van der Waals surface area (Å²) in [5.74, 6) is 0. The Morgan fingerprint density at radius 3 is 2.84 bits per heavy atom. The Hall–Kier alpha value is -1.09. The van der Waals surface area contributed by atoms with E-state index in [0.29, 0.717) is 5.56 Å². The molecule has 1 fully saturated rings. The van der Waals surface area contributed by atoms with Gasteiger partial charge < -0.3 is 15.5 Å². The quantitative estimate of drug-likeness (QED) is 0.814. The Balaban J connectivity index is 1.73. The highest BCUT2D eigenvalue weighted by Gasteiger charge is 2.08. The lowest BCUT2D eigenvalue weighted by molar-refractivity contribution is 0.240. The maximum atomic E-state index is 8.92. The molecule has 2 rings (SSSR count). The molecule has 102 valence electrons. The van der Waals surface area contributed by atoms with Gasteiger partial charge in [-0.05, 0) is 31.2 Å². The smallest absolute Gasteiger partial charge is 0.0992 e. The van der Waals surface area contributed by atoms with E-state index in [0.717, 1.165) is 55.8 Å². The number of nitrogens with zero attached hydrogens (tertiary/aromatic N) is 2. The van der Waals surface area contributed by atoms with Crippen LogP contribution in [0, 0.1) is 11.3 Å². The average molecular weight is 323 g/mol. The maximum Gasteiger partial charge on any atom is 0.0992 e. The summed E-state index contributed by atoms with van der Waals surface area (Å²) in [4.78, 5) is 2.49. The zero-order valence-electron chi connectivity index (χ0n) is 11.0. The highest BCUT2D eigenvalue weighted by molar-refractivity contribution is 9.10. The number of hydrogen-bond donors (Lipinski definition) is 2. The van der Waals surface area contributed by atoms with E-state index in [2.05, 4.69) is 37.5 Å². The molecule has 1 aromatic carbocycles. The third-order valence-corrected chi connectivity index (χ3v) is 3.67. The van der Waals surface area contributed by atoms with Gasteiger partial charge in [0, 0.05) is 42.9 Å². The summed E-state index contributed by atoms with van der Waals surface area (Å²) < 4.78 is 0.941. The monoisotopic (exact) mass is 322 g/mol. The van der Waals surface area contributed by atoms with Gasteiger partial charge in [-0.2, -0.15) is 5.26 Å². The van der Waals surface area contributed by atoms with E-state index in [-0.39, 0.29) is 0 Å². The van der Waals surface area contributed by atoms with Crippen molar-refractivity contribution >= 4 is 21.6 Å². The van der Waals surface area contributed by atoms with Crippen LogP contribution >= 0.6 is 15.9 Å². The van der Waals surface area contributed by atoms with Gasteiger partial charge in [0.2, 0.25) is 0 Å². The van der Waals surface area contributed by atoms with Gasteiger partial charge in [0.1, 0.15) is 0 Å². The number of rotatable bonds is 5. The highest BCUT2D eigenvalue weighted by atomic mass is 79.9. The van der Waals surface area contributed by atoms with Gasteiger partial charge in [0.05, 0.1) is 11.6 Å². The molecular formula is C14H19BrN4. The fraction of sp³-hybridized carbons (Fsp3) is 0.500. The molecule has 0 amide bonds. The van der Waals surface area contributed by atoms with Crippen LogP contribution < -0.4 is 10.6 Å². The second-order valence-electron chi connectivity index (χ2n) is 4.71. The highest BCUT2D eigenvalue weighted by Crippen LogP contribution is 2.19. The fourth-order valence-electron chi connectivity index (χ4n) is 2.23. The molecule has 1 aliphatic heterocycles. The summed E-state index contributed by atoms with van der Waals surface area (Å²) in [6.45, 7) is 6.57. The lowest BCUT2D eigenvalue weighted by atomic mass is 10.2. The Labute approximate surface area is 122 Å². The van der Waals surface area contributed by atoms with Crippen LogP contribution in [0.25, 0.3) is 0 Å². The van der Waals surface area contributed by atoms with Gasteiger partial charge in [-0.3, -0.25) is 0 Å². The van der Waals surface area contributed by atoms with Crippen molar-refractivity contribution in [3.8, 4) is 6.07 Å². The second kappa shape index (κ2) is 7.49. The molecule has 0 spiro atoms. The number of halogens is 1. The largest absolute Gasteiger partial charge is 0.385 e. The predicted molar refractivity (Wildman–Crippen MR) is 81.3 cm³/mol. The van der Waals surface area contributed by atoms with Crippen LogP contribution in [0.2, 0.25) is 0 Å². The molecule has 0 atom stereocenters. The van der Waals surface area contributed by atoms with Gasteiger partial charge in [-0.25, -0.2) is 0 Å². The van der Waals surface area contributed by atoms with Crippen LogP contribution in [0.4, 0.5) is 5.69 Å². The SMILES string of the molecule is N#Cc1cc(Br)cc(NCCCN2CCNCC2)c1. The van der Waals surface area contributed by atoms with Crippen molar-refractivity contribution in [1.29, 1.82) is 5.26 Å². The fourth-order valence-corrected chi connectivity index (χ4v) is 2.72. The minimum absolute atomic E-state index is 0.680. The molecule has 19 heavy (non-hydrogen) atoms. The normalized spacial score (nSPS) is 16.0. The Bertz CT molecular complexity index is 449. The first-order valence-corrected chi connectivity index (χ1v) is 7.45. The molecule has 0 bridgehead atoms. The summed E-state index contributed by atoms with van der Waals surface area (Å²) in [6, 6.07) is 7.88. The van der Waals surface area contributed by atoms with E-state index in [9.17, 15) is 0 Å². The van der Waals surface area contributed by atoms with Crippen molar-refractivity contribution in [3.05, 3.63) is 28.2 Å². The second-order valence-corrected chi connectivity index (χ2v) is 5.63. The minimum Gasteiger partial charge on any atom is -0.385 e. The van der Waals surface area contributed by atoms with Crippen LogP contribution in [0.5, 0.6) is 0 Å². The average Bonchev–Trinajstić information content (AvgIpc) is 2.44.